The number of ether oxygens (including phenoxy) is 1. The number of hydrogen-bond acceptors (Lipinski definition) is 2. The molecule has 0 unspecified atom stereocenters. The Hall–Kier alpha value is -1.02. The van der Waals surface area contributed by atoms with E-state index in [1.165, 1.54) is 11.1 Å². The maximum atomic E-state index is 5.66. The number of rotatable bonds is 6. The van der Waals surface area contributed by atoms with E-state index in [4.69, 9.17) is 10.5 Å². The first kappa shape index (κ1) is 14.0. The van der Waals surface area contributed by atoms with E-state index in [0.29, 0.717) is 0 Å². The Balaban J connectivity index is 2.94. The standard InChI is InChI=1S/C15H25NO/c1-5-12-6-7-14(17-4)13(10-12)11-15(2,3)8-9-16/h6-7,10H,5,8-9,11,16H2,1-4H3. The van der Waals surface area contributed by atoms with E-state index < -0.39 is 0 Å². The average Bonchev–Trinajstić information content (AvgIpc) is 2.28. The second-order valence-corrected chi connectivity index (χ2v) is 5.38. The fourth-order valence-corrected chi connectivity index (χ4v) is 2.18. The summed E-state index contributed by atoms with van der Waals surface area (Å²) >= 11 is 0. The van der Waals surface area contributed by atoms with Crippen LogP contribution in [0.2, 0.25) is 0 Å². The van der Waals surface area contributed by atoms with E-state index in [-0.39, 0.29) is 5.41 Å². The number of aryl methyl sites for hydroxylation is 1. The van der Waals surface area contributed by atoms with Gasteiger partial charge in [0.1, 0.15) is 5.75 Å². The Bertz CT molecular complexity index is 358. The molecule has 0 aromatic heterocycles. The first-order chi connectivity index (χ1) is 8.02. The molecule has 0 spiro atoms. The molecule has 0 aliphatic carbocycles. The summed E-state index contributed by atoms with van der Waals surface area (Å²) in [7, 11) is 1.74. The van der Waals surface area contributed by atoms with Crippen molar-refractivity contribution >= 4 is 0 Å². The molecule has 0 atom stereocenters. The molecule has 0 aliphatic heterocycles. The summed E-state index contributed by atoms with van der Waals surface area (Å²) in [5.41, 5.74) is 8.56. The molecule has 0 fully saturated rings. The average molecular weight is 235 g/mol. The van der Waals surface area contributed by atoms with Crippen molar-refractivity contribution in [3.8, 4) is 5.75 Å². The summed E-state index contributed by atoms with van der Waals surface area (Å²) in [4.78, 5) is 0. The van der Waals surface area contributed by atoms with Gasteiger partial charge in [0.15, 0.2) is 0 Å². The van der Waals surface area contributed by atoms with Gasteiger partial charge in [-0.25, -0.2) is 0 Å². The first-order valence-electron chi connectivity index (χ1n) is 6.38. The van der Waals surface area contributed by atoms with E-state index in [1.54, 1.807) is 7.11 Å². The van der Waals surface area contributed by atoms with Gasteiger partial charge in [-0.1, -0.05) is 32.9 Å². The van der Waals surface area contributed by atoms with E-state index in [1.807, 2.05) is 0 Å². The van der Waals surface area contributed by atoms with Crippen LogP contribution in [0.4, 0.5) is 0 Å². The van der Waals surface area contributed by atoms with Crippen LogP contribution in [0.3, 0.4) is 0 Å². The van der Waals surface area contributed by atoms with Crippen LogP contribution < -0.4 is 10.5 Å². The van der Waals surface area contributed by atoms with Gasteiger partial charge >= 0.3 is 0 Å². The maximum absolute atomic E-state index is 5.66. The van der Waals surface area contributed by atoms with Gasteiger partial charge in [-0.2, -0.15) is 0 Å². The Morgan fingerprint density at radius 2 is 2.00 bits per heavy atom. The van der Waals surface area contributed by atoms with Gasteiger partial charge in [0, 0.05) is 0 Å². The minimum absolute atomic E-state index is 0.231. The highest BCUT2D eigenvalue weighted by Crippen LogP contribution is 2.30. The molecule has 2 heteroatoms. The van der Waals surface area contributed by atoms with Crippen molar-refractivity contribution in [1.29, 1.82) is 0 Å². The van der Waals surface area contributed by atoms with Gasteiger partial charge in [-0.05, 0) is 48.4 Å². The lowest BCUT2D eigenvalue weighted by Gasteiger charge is -2.25. The SMILES string of the molecule is CCc1ccc(OC)c(CC(C)(C)CCN)c1. The minimum atomic E-state index is 0.231. The number of benzene rings is 1. The van der Waals surface area contributed by atoms with Crippen LogP contribution in [0.25, 0.3) is 0 Å². The van der Waals surface area contributed by atoms with Gasteiger partial charge in [0.2, 0.25) is 0 Å². The van der Waals surface area contributed by atoms with Crippen molar-refractivity contribution < 1.29 is 4.74 Å². The quantitative estimate of drug-likeness (QED) is 0.822. The summed E-state index contributed by atoms with van der Waals surface area (Å²) in [5.74, 6) is 0.993. The summed E-state index contributed by atoms with van der Waals surface area (Å²) in [6.07, 6.45) is 3.11. The maximum Gasteiger partial charge on any atom is 0.122 e. The third-order valence-corrected chi connectivity index (χ3v) is 3.24. The van der Waals surface area contributed by atoms with Gasteiger partial charge in [-0.15, -0.1) is 0 Å². The molecule has 0 heterocycles. The molecule has 17 heavy (non-hydrogen) atoms. The topological polar surface area (TPSA) is 35.2 Å². The zero-order valence-electron chi connectivity index (χ0n) is 11.5. The molecule has 0 amide bonds. The van der Waals surface area contributed by atoms with Crippen LogP contribution in [0, 0.1) is 5.41 Å². The first-order valence-corrected chi connectivity index (χ1v) is 6.38. The number of methoxy groups -OCH3 is 1. The smallest absolute Gasteiger partial charge is 0.122 e. The molecule has 2 nitrogen and oxygen atoms in total. The van der Waals surface area contributed by atoms with Crippen molar-refractivity contribution in [3.63, 3.8) is 0 Å². The molecule has 0 aliphatic rings. The Kier molecular flexibility index (Phi) is 5.01. The largest absolute Gasteiger partial charge is 0.496 e. The number of hydrogen-bond donors (Lipinski definition) is 1. The summed E-state index contributed by atoms with van der Waals surface area (Å²) < 4.78 is 5.44. The molecule has 1 aromatic carbocycles. The highest BCUT2D eigenvalue weighted by Gasteiger charge is 2.19. The van der Waals surface area contributed by atoms with Gasteiger partial charge in [0.05, 0.1) is 7.11 Å². The number of nitrogens with two attached hydrogens (primary N) is 1. The van der Waals surface area contributed by atoms with E-state index in [0.717, 1.165) is 31.6 Å². The summed E-state index contributed by atoms with van der Waals surface area (Å²) in [6.45, 7) is 7.44. The van der Waals surface area contributed by atoms with Crippen molar-refractivity contribution in [2.75, 3.05) is 13.7 Å². The summed E-state index contributed by atoms with van der Waals surface area (Å²) in [6, 6.07) is 6.47. The van der Waals surface area contributed by atoms with E-state index >= 15 is 0 Å². The molecule has 0 bridgehead atoms. The van der Waals surface area contributed by atoms with Crippen molar-refractivity contribution in [3.05, 3.63) is 29.3 Å². The fourth-order valence-electron chi connectivity index (χ4n) is 2.18. The molecule has 96 valence electrons. The lowest BCUT2D eigenvalue weighted by Crippen LogP contribution is -2.20. The van der Waals surface area contributed by atoms with Crippen LogP contribution in [0.15, 0.2) is 18.2 Å². The second-order valence-electron chi connectivity index (χ2n) is 5.38. The monoisotopic (exact) mass is 235 g/mol. The van der Waals surface area contributed by atoms with Crippen molar-refractivity contribution in [2.24, 2.45) is 11.1 Å². The van der Waals surface area contributed by atoms with Crippen LogP contribution in [0.1, 0.15) is 38.3 Å². The lowest BCUT2D eigenvalue weighted by molar-refractivity contribution is 0.329. The zero-order valence-corrected chi connectivity index (χ0v) is 11.5. The van der Waals surface area contributed by atoms with Crippen molar-refractivity contribution in [2.45, 2.75) is 40.0 Å². The molecular weight excluding hydrogens is 210 g/mol. The third-order valence-electron chi connectivity index (χ3n) is 3.24. The third kappa shape index (κ3) is 4.04. The molecule has 0 radical (unpaired) electrons. The highest BCUT2D eigenvalue weighted by atomic mass is 16.5. The van der Waals surface area contributed by atoms with Crippen LogP contribution in [-0.4, -0.2) is 13.7 Å². The van der Waals surface area contributed by atoms with Gasteiger partial charge in [0.25, 0.3) is 0 Å². The summed E-state index contributed by atoms with van der Waals surface area (Å²) in [5, 5.41) is 0. The van der Waals surface area contributed by atoms with Crippen LogP contribution >= 0.6 is 0 Å². The Morgan fingerprint density at radius 3 is 2.53 bits per heavy atom. The van der Waals surface area contributed by atoms with E-state index in [9.17, 15) is 0 Å². The molecule has 0 saturated heterocycles. The Morgan fingerprint density at radius 1 is 1.29 bits per heavy atom. The molecule has 1 aromatic rings. The zero-order chi connectivity index (χ0) is 12.9. The second kappa shape index (κ2) is 6.06. The van der Waals surface area contributed by atoms with Crippen LogP contribution in [0.5, 0.6) is 5.75 Å². The highest BCUT2D eigenvalue weighted by molar-refractivity contribution is 5.38. The predicted molar refractivity (Wildman–Crippen MR) is 73.5 cm³/mol. The molecule has 0 saturated carbocycles. The molecule has 1 rings (SSSR count). The lowest BCUT2D eigenvalue weighted by atomic mass is 9.82. The van der Waals surface area contributed by atoms with Gasteiger partial charge < -0.3 is 10.5 Å². The minimum Gasteiger partial charge on any atom is -0.496 e. The van der Waals surface area contributed by atoms with E-state index in [2.05, 4.69) is 39.0 Å². The Labute approximate surface area is 105 Å². The molecular formula is C15H25NO. The predicted octanol–water partition coefficient (Wildman–Crippen LogP) is 3.18. The van der Waals surface area contributed by atoms with Gasteiger partial charge in [-0.3, -0.25) is 0 Å². The van der Waals surface area contributed by atoms with Crippen molar-refractivity contribution in [1.82, 2.24) is 0 Å². The fraction of sp³-hybridized carbons (Fsp3) is 0.600. The normalized spacial score (nSPS) is 11.6. The molecule has 2 N–H and O–H groups in total. The van der Waals surface area contributed by atoms with Crippen LogP contribution in [-0.2, 0) is 12.8 Å².